The molecule has 0 aromatic carbocycles. The maximum Gasteiger partial charge on any atom is 0.0883 e. The number of pyridine rings is 1. The van der Waals surface area contributed by atoms with E-state index < -0.39 is 0 Å². The molecule has 3 heteroatoms. The maximum atomic E-state index is 5.52. The van der Waals surface area contributed by atoms with Crippen LogP contribution in [-0.2, 0) is 0 Å². The minimum atomic E-state index is 0.666. The van der Waals surface area contributed by atoms with Gasteiger partial charge in [-0.25, -0.2) is 0 Å². The fourth-order valence-corrected chi connectivity index (χ4v) is 0.989. The lowest BCUT2D eigenvalue weighted by molar-refractivity contribution is 1.28. The Morgan fingerprint density at radius 3 is 2.77 bits per heavy atom. The quantitative estimate of drug-likeness (QED) is 0.695. The molecule has 0 aliphatic rings. The van der Waals surface area contributed by atoms with Gasteiger partial charge in [-0.2, -0.15) is 0 Å². The first kappa shape index (κ1) is 9.45. The molecule has 68 valence electrons. The first-order chi connectivity index (χ1) is 6.27. The van der Waals surface area contributed by atoms with Gasteiger partial charge >= 0.3 is 0 Å². The van der Waals surface area contributed by atoms with Crippen LogP contribution in [0.3, 0.4) is 0 Å². The molecule has 0 spiro atoms. The molecule has 3 nitrogen and oxygen atoms in total. The number of nitrogens with two attached hydrogens (primary N) is 1. The molecule has 0 radical (unpaired) electrons. The van der Waals surface area contributed by atoms with Crippen LogP contribution in [0, 0.1) is 0 Å². The number of hydrogen-bond acceptors (Lipinski definition) is 3. The van der Waals surface area contributed by atoms with E-state index in [0.29, 0.717) is 5.69 Å². The number of allylic oxidation sites excluding steroid dienone is 2. The van der Waals surface area contributed by atoms with Gasteiger partial charge in [-0.3, -0.25) is 9.98 Å². The lowest BCUT2D eigenvalue weighted by Crippen LogP contribution is -2.00. The Morgan fingerprint density at radius 2 is 2.31 bits per heavy atom. The van der Waals surface area contributed by atoms with Gasteiger partial charge in [0.15, 0.2) is 0 Å². The predicted molar refractivity (Wildman–Crippen MR) is 55.9 cm³/mol. The van der Waals surface area contributed by atoms with Crippen LogP contribution in [0.1, 0.15) is 12.6 Å². The highest BCUT2D eigenvalue weighted by atomic mass is 14.8. The molecule has 0 atom stereocenters. The normalized spacial score (nSPS) is 12.3. The second-order valence-electron chi connectivity index (χ2n) is 2.59. The van der Waals surface area contributed by atoms with Crippen LogP contribution in [0.2, 0.25) is 0 Å². The third-order valence-corrected chi connectivity index (χ3v) is 1.61. The predicted octanol–water partition coefficient (Wildman–Crippen LogP) is 1.66. The van der Waals surface area contributed by atoms with Gasteiger partial charge in [0.2, 0.25) is 0 Å². The van der Waals surface area contributed by atoms with E-state index >= 15 is 0 Å². The van der Waals surface area contributed by atoms with Crippen LogP contribution in [0.4, 0.5) is 5.69 Å². The number of anilines is 1. The van der Waals surface area contributed by atoms with Crippen molar-refractivity contribution in [3.63, 3.8) is 0 Å². The Morgan fingerprint density at radius 1 is 1.54 bits per heavy atom. The highest BCUT2D eigenvalue weighted by Crippen LogP contribution is 2.03. The van der Waals surface area contributed by atoms with E-state index in [-0.39, 0.29) is 0 Å². The average molecular weight is 175 g/mol. The Labute approximate surface area is 78.0 Å². The van der Waals surface area contributed by atoms with Crippen molar-refractivity contribution >= 4 is 11.4 Å². The van der Waals surface area contributed by atoms with Crippen LogP contribution in [0.25, 0.3) is 0 Å². The van der Waals surface area contributed by atoms with Crippen molar-refractivity contribution in [2.24, 2.45) is 4.99 Å². The highest BCUT2D eigenvalue weighted by Gasteiger charge is 1.98. The summed E-state index contributed by atoms with van der Waals surface area (Å²) < 4.78 is 0. The topological polar surface area (TPSA) is 51.3 Å². The molecule has 0 aliphatic heterocycles. The summed E-state index contributed by atoms with van der Waals surface area (Å²) in [7, 11) is 1.74. The number of nitrogens with zero attached hydrogens (tertiary/aromatic N) is 2. The fraction of sp³-hybridized carbons (Fsp3) is 0.200. The molecule has 0 aliphatic carbocycles. The second-order valence-corrected chi connectivity index (χ2v) is 2.59. The van der Waals surface area contributed by atoms with Crippen molar-refractivity contribution in [3.8, 4) is 0 Å². The molecule has 1 aromatic rings. The molecular formula is C10H13N3. The first-order valence-electron chi connectivity index (χ1n) is 4.09. The Balaban J connectivity index is 3.00. The van der Waals surface area contributed by atoms with Gasteiger partial charge < -0.3 is 5.73 Å². The zero-order chi connectivity index (χ0) is 9.68. The zero-order valence-corrected chi connectivity index (χ0v) is 7.86. The van der Waals surface area contributed by atoms with E-state index in [1.165, 1.54) is 0 Å². The number of nitrogen functional groups attached to an aromatic ring is 1. The summed E-state index contributed by atoms with van der Waals surface area (Å²) in [5, 5.41) is 0. The minimum absolute atomic E-state index is 0.666. The van der Waals surface area contributed by atoms with Crippen LogP contribution in [0.15, 0.2) is 35.5 Å². The van der Waals surface area contributed by atoms with Crippen LogP contribution >= 0.6 is 0 Å². The lowest BCUT2D eigenvalue weighted by Gasteiger charge is -1.99. The van der Waals surface area contributed by atoms with Crippen LogP contribution in [-0.4, -0.2) is 17.7 Å². The molecule has 2 N–H and O–H groups in total. The molecule has 0 amide bonds. The minimum Gasteiger partial charge on any atom is -0.397 e. The lowest BCUT2D eigenvalue weighted by atomic mass is 10.2. The number of aliphatic imine (C=N–C) groups is 1. The first-order valence-corrected chi connectivity index (χ1v) is 4.09. The number of aromatic nitrogens is 1. The molecule has 1 rings (SSSR count). The summed E-state index contributed by atoms with van der Waals surface area (Å²) in [4.78, 5) is 8.27. The number of hydrogen-bond donors (Lipinski definition) is 1. The Kier molecular flexibility index (Phi) is 3.20. The number of rotatable bonds is 2. The Bertz CT molecular complexity index is 323. The van der Waals surface area contributed by atoms with Gasteiger partial charge in [-0.15, -0.1) is 0 Å². The van der Waals surface area contributed by atoms with Crippen LogP contribution < -0.4 is 5.73 Å². The smallest absolute Gasteiger partial charge is 0.0883 e. The van der Waals surface area contributed by atoms with Crippen LogP contribution in [0.5, 0.6) is 0 Å². The summed E-state index contributed by atoms with van der Waals surface area (Å²) in [6.07, 6.45) is 5.48. The summed E-state index contributed by atoms with van der Waals surface area (Å²) in [6, 6.07) is 3.68. The van der Waals surface area contributed by atoms with Gasteiger partial charge in [0.25, 0.3) is 0 Å². The van der Waals surface area contributed by atoms with E-state index in [1.807, 2.05) is 31.2 Å². The van der Waals surface area contributed by atoms with Crippen molar-refractivity contribution in [1.29, 1.82) is 0 Å². The van der Waals surface area contributed by atoms with Gasteiger partial charge in [0, 0.05) is 7.05 Å². The van der Waals surface area contributed by atoms with E-state index in [0.717, 1.165) is 11.4 Å². The molecule has 0 saturated carbocycles. The van der Waals surface area contributed by atoms with Gasteiger partial charge in [-0.1, -0.05) is 6.08 Å². The summed E-state index contributed by atoms with van der Waals surface area (Å²) >= 11 is 0. The van der Waals surface area contributed by atoms with Crippen molar-refractivity contribution in [3.05, 3.63) is 36.2 Å². The zero-order valence-electron chi connectivity index (χ0n) is 7.86. The maximum absolute atomic E-state index is 5.52. The average Bonchev–Trinajstić information content (AvgIpc) is 2.16. The Hall–Kier alpha value is -1.64. The van der Waals surface area contributed by atoms with Gasteiger partial charge in [0.1, 0.15) is 0 Å². The monoisotopic (exact) mass is 175 g/mol. The molecule has 0 bridgehead atoms. The second kappa shape index (κ2) is 4.40. The van der Waals surface area contributed by atoms with Crippen molar-refractivity contribution in [2.45, 2.75) is 6.92 Å². The van der Waals surface area contributed by atoms with E-state index in [4.69, 9.17) is 5.73 Å². The SMILES string of the molecule is C/C=C\C(=NC)c1ccc(N)cn1. The standard InChI is InChI=1S/C10H13N3/c1-3-4-9(12-2)10-6-5-8(11)7-13-10/h3-7H,11H2,1-2H3/b4-3-,12-9?. The molecule has 13 heavy (non-hydrogen) atoms. The van der Waals surface area contributed by atoms with Crippen molar-refractivity contribution < 1.29 is 0 Å². The molecule has 0 unspecified atom stereocenters. The summed E-state index contributed by atoms with van der Waals surface area (Å²) in [5.74, 6) is 0. The third-order valence-electron chi connectivity index (χ3n) is 1.61. The van der Waals surface area contributed by atoms with Gasteiger partial charge in [-0.05, 0) is 25.1 Å². The third kappa shape index (κ3) is 2.40. The summed E-state index contributed by atoms with van der Waals surface area (Å²) in [6.45, 7) is 1.95. The fourth-order valence-electron chi connectivity index (χ4n) is 0.989. The molecule has 1 heterocycles. The van der Waals surface area contributed by atoms with Crippen molar-refractivity contribution in [1.82, 2.24) is 4.98 Å². The summed E-state index contributed by atoms with van der Waals surface area (Å²) in [5.41, 5.74) is 7.89. The molecule has 0 fully saturated rings. The van der Waals surface area contributed by atoms with Gasteiger partial charge in [0.05, 0.1) is 23.3 Å². The molecule has 1 aromatic heterocycles. The van der Waals surface area contributed by atoms with E-state index in [1.54, 1.807) is 13.2 Å². The van der Waals surface area contributed by atoms with E-state index in [2.05, 4.69) is 9.98 Å². The highest BCUT2D eigenvalue weighted by molar-refractivity contribution is 6.07. The largest absolute Gasteiger partial charge is 0.397 e. The van der Waals surface area contributed by atoms with Crippen molar-refractivity contribution in [2.75, 3.05) is 12.8 Å². The van der Waals surface area contributed by atoms with E-state index in [9.17, 15) is 0 Å². The molecular weight excluding hydrogens is 162 g/mol. The molecule has 0 saturated heterocycles.